The first kappa shape index (κ1) is 13.0. The standard InChI is InChI=1S/C13H18ClNO/c1-3-12(9-14)15-13(16)8-11-6-4-10(2)5-7-11/h4-7,12H,3,8-9H2,1-2H3,(H,15,16). The Kier molecular flexibility index (Phi) is 5.33. The number of nitrogens with one attached hydrogen (secondary N) is 1. The Morgan fingerprint density at radius 2 is 2.00 bits per heavy atom. The minimum absolute atomic E-state index is 0.0383. The molecule has 1 aromatic carbocycles. The maximum atomic E-state index is 11.7. The van der Waals surface area contributed by atoms with Crippen LogP contribution in [-0.4, -0.2) is 17.8 Å². The number of aryl methyl sites for hydroxylation is 1. The molecule has 1 unspecified atom stereocenters. The molecule has 16 heavy (non-hydrogen) atoms. The zero-order valence-electron chi connectivity index (χ0n) is 9.79. The fraction of sp³-hybridized carbons (Fsp3) is 0.462. The Morgan fingerprint density at radius 3 is 2.50 bits per heavy atom. The Labute approximate surface area is 102 Å². The highest BCUT2D eigenvalue weighted by Gasteiger charge is 2.09. The number of benzene rings is 1. The summed E-state index contributed by atoms with van der Waals surface area (Å²) in [6.07, 6.45) is 1.29. The fourth-order valence-electron chi connectivity index (χ4n) is 1.42. The smallest absolute Gasteiger partial charge is 0.224 e. The van der Waals surface area contributed by atoms with Crippen LogP contribution in [0.5, 0.6) is 0 Å². The molecule has 1 atom stereocenters. The zero-order valence-corrected chi connectivity index (χ0v) is 10.6. The third-order valence-electron chi connectivity index (χ3n) is 2.53. The highest BCUT2D eigenvalue weighted by Crippen LogP contribution is 2.04. The summed E-state index contributed by atoms with van der Waals surface area (Å²) >= 11 is 5.72. The molecular formula is C13H18ClNO. The van der Waals surface area contributed by atoms with Gasteiger partial charge in [0.05, 0.1) is 6.42 Å². The summed E-state index contributed by atoms with van der Waals surface area (Å²) < 4.78 is 0. The van der Waals surface area contributed by atoms with Crippen molar-refractivity contribution in [2.45, 2.75) is 32.7 Å². The second-order valence-corrected chi connectivity index (χ2v) is 4.30. The summed E-state index contributed by atoms with van der Waals surface area (Å²) in [6.45, 7) is 4.05. The largest absolute Gasteiger partial charge is 0.352 e. The summed E-state index contributed by atoms with van der Waals surface area (Å²) in [5.41, 5.74) is 2.24. The average Bonchev–Trinajstić information content (AvgIpc) is 2.29. The van der Waals surface area contributed by atoms with E-state index in [2.05, 4.69) is 5.32 Å². The van der Waals surface area contributed by atoms with Crippen LogP contribution < -0.4 is 5.32 Å². The van der Waals surface area contributed by atoms with Crippen LogP contribution in [0.15, 0.2) is 24.3 Å². The monoisotopic (exact) mass is 239 g/mol. The Bertz CT molecular complexity index is 330. The lowest BCUT2D eigenvalue weighted by Crippen LogP contribution is -2.36. The van der Waals surface area contributed by atoms with Gasteiger partial charge in [-0.2, -0.15) is 0 Å². The molecule has 0 radical (unpaired) electrons. The van der Waals surface area contributed by atoms with Gasteiger partial charge in [0.25, 0.3) is 0 Å². The van der Waals surface area contributed by atoms with Crippen LogP contribution >= 0.6 is 11.6 Å². The summed E-state index contributed by atoms with van der Waals surface area (Å²) in [4.78, 5) is 11.7. The average molecular weight is 240 g/mol. The van der Waals surface area contributed by atoms with Crippen LogP contribution in [0.1, 0.15) is 24.5 Å². The van der Waals surface area contributed by atoms with Crippen molar-refractivity contribution in [1.29, 1.82) is 0 Å². The Balaban J connectivity index is 2.48. The van der Waals surface area contributed by atoms with E-state index in [1.807, 2.05) is 38.1 Å². The number of halogens is 1. The van der Waals surface area contributed by atoms with Crippen molar-refractivity contribution in [2.75, 3.05) is 5.88 Å². The summed E-state index contributed by atoms with van der Waals surface area (Å²) in [7, 11) is 0. The van der Waals surface area contributed by atoms with Gasteiger partial charge in [-0.15, -0.1) is 11.6 Å². The number of hydrogen-bond acceptors (Lipinski definition) is 1. The van der Waals surface area contributed by atoms with Gasteiger partial charge in [-0.25, -0.2) is 0 Å². The third-order valence-corrected chi connectivity index (χ3v) is 2.90. The van der Waals surface area contributed by atoms with Gasteiger partial charge in [-0.05, 0) is 18.9 Å². The van der Waals surface area contributed by atoms with Crippen molar-refractivity contribution < 1.29 is 4.79 Å². The molecule has 0 spiro atoms. The summed E-state index contributed by atoms with van der Waals surface area (Å²) in [6, 6.07) is 8.08. The molecule has 0 aromatic heterocycles. The number of alkyl halides is 1. The van der Waals surface area contributed by atoms with Crippen LogP contribution in [0.3, 0.4) is 0 Å². The minimum Gasteiger partial charge on any atom is -0.352 e. The van der Waals surface area contributed by atoms with Crippen LogP contribution in [-0.2, 0) is 11.2 Å². The molecule has 1 amide bonds. The van der Waals surface area contributed by atoms with Gasteiger partial charge in [-0.1, -0.05) is 36.8 Å². The maximum absolute atomic E-state index is 11.7. The predicted molar refractivity (Wildman–Crippen MR) is 67.8 cm³/mol. The number of hydrogen-bond donors (Lipinski definition) is 1. The molecule has 0 saturated carbocycles. The van der Waals surface area contributed by atoms with E-state index in [1.165, 1.54) is 5.56 Å². The summed E-state index contributed by atoms with van der Waals surface area (Å²) in [5.74, 6) is 0.507. The number of amides is 1. The van der Waals surface area contributed by atoms with Gasteiger partial charge in [0, 0.05) is 11.9 Å². The normalized spacial score (nSPS) is 12.2. The zero-order chi connectivity index (χ0) is 12.0. The Hall–Kier alpha value is -1.02. The molecular weight excluding hydrogens is 222 g/mol. The van der Waals surface area contributed by atoms with Gasteiger partial charge in [-0.3, -0.25) is 4.79 Å². The van der Waals surface area contributed by atoms with E-state index in [1.54, 1.807) is 0 Å². The number of carbonyl (C=O) groups is 1. The van der Waals surface area contributed by atoms with Crippen LogP contribution in [0, 0.1) is 6.92 Å². The first-order chi connectivity index (χ1) is 7.65. The Morgan fingerprint density at radius 1 is 1.38 bits per heavy atom. The fourth-order valence-corrected chi connectivity index (χ4v) is 1.72. The molecule has 0 heterocycles. The van der Waals surface area contributed by atoms with Gasteiger partial charge in [0.15, 0.2) is 0 Å². The van der Waals surface area contributed by atoms with Gasteiger partial charge < -0.3 is 5.32 Å². The van der Waals surface area contributed by atoms with Crippen molar-refractivity contribution in [1.82, 2.24) is 5.32 Å². The van der Waals surface area contributed by atoms with Gasteiger partial charge >= 0.3 is 0 Å². The van der Waals surface area contributed by atoms with E-state index in [-0.39, 0.29) is 11.9 Å². The van der Waals surface area contributed by atoms with E-state index in [4.69, 9.17) is 11.6 Å². The molecule has 3 heteroatoms. The maximum Gasteiger partial charge on any atom is 0.224 e. The van der Waals surface area contributed by atoms with Crippen LogP contribution in [0.4, 0.5) is 0 Å². The van der Waals surface area contributed by atoms with E-state index in [0.29, 0.717) is 12.3 Å². The predicted octanol–water partition coefficient (Wildman–Crippen LogP) is 2.67. The van der Waals surface area contributed by atoms with E-state index >= 15 is 0 Å². The van der Waals surface area contributed by atoms with E-state index in [9.17, 15) is 4.79 Å². The lowest BCUT2D eigenvalue weighted by Gasteiger charge is -2.13. The van der Waals surface area contributed by atoms with E-state index < -0.39 is 0 Å². The van der Waals surface area contributed by atoms with Gasteiger partial charge in [0.2, 0.25) is 5.91 Å². The molecule has 1 N–H and O–H groups in total. The third kappa shape index (κ3) is 4.23. The molecule has 1 rings (SSSR count). The first-order valence-corrected chi connectivity index (χ1v) is 6.10. The molecule has 0 aliphatic rings. The molecule has 88 valence electrons. The SMILES string of the molecule is CCC(CCl)NC(=O)Cc1ccc(C)cc1. The highest BCUT2D eigenvalue weighted by molar-refractivity contribution is 6.18. The molecule has 0 bridgehead atoms. The second kappa shape index (κ2) is 6.54. The molecule has 0 saturated heterocycles. The van der Waals surface area contributed by atoms with Crippen molar-refractivity contribution in [3.63, 3.8) is 0 Å². The van der Waals surface area contributed by atoms with Crippen LogP contribution in [0.25, 0.3) is 0 Å². The highest BCUT2D eigenvalue weighted by atomic mass is 35.5. The molecule has 0 fully saturated rings. The van der Waals surface area contributed by atoms with Crippen molar-refractivity contribution >= 4 is 17.5 Å². The number of carbonyl (C=O) groups excluding carboxylic acids is 1. The van der Waals surface area contributed by atoms with Crippen molar-refractivity contribution in [3.05, 3.63) is 35.4 Å². The molecule has 2 nitrogen and oxygen atoms in total. The van der Waals surface area contributed by atoms with Crippen molar-refractivity contribution in [3.8, 4) is 0 Å². The second-order valence-electron chi connectivity index (χ2n) is 3.99. The van der Waals surface area contributed by atoms with E-state index in [0.717, 1.165) is 12.0 Å². The quantitative estimate of drug-likeness (QED) is 0.787. The van der Waals surface area contributed by atoms with Crippen molar-refractivity contribution in [2.24, 2.45) is 0 Å². The molecule has 0 aliphatic heterocycles. The lowest BCUT2D eigenvalue weighted by atomic mass is 10.1. The molecule has 1 aromatic rings. The molecule has 0 aliphatic carbocycles. The number of rotatable bonds is 5. The van der Waals surface area contributed by atoms with Gasteiger partial charge in [0.1, 0.15) is 0 Å². The lowest BCUT2D eigenvalue weighted by molar-refractivity contribution is -0.121. The van der Waals surface area contributed by atoms with Crippen LogP contribution in [0.2, 0.25) is 0 Å². The summed E-state index contributed by atoms with van der Waals surface area (Å²) in [5, 5.41) is 2.91. The topological polar surface area (TPSA) is 29.1 Å². The minimum atomic E-state index is 0.0383. The first-order valence-electron chi connectivity index (χ1n) is 5.56.